The molecular formula is C28H25FN4O4. The Hall–Kier alpha value is -4.42. The second kappa shape index (κ2) is 9.91. The number of halogens is 1. The summed E-state index contributed by atoms with van der Waals surface area (Å²) in [5, 5.41) is 13.4. The van der Waals surface area contributed by atoms with Crippen LogP contribution in [0.5, 0.6) is 17.2 Å². The highest BCUT2D eigenvalue weighted by Crippen LogP contribution is 2.36. The molecule has 3 aromatic carbocycles. The Kier molecular flexibility index (Phi) is 6.51. The third-order valence-corrected chi connectivity index (χ3v) is 6.59. The SMILES string of the molecule is COc1ccc(-n2c(C3CCCN3)nc3c(-c4ccc(OC)c(OC)c4)cc(C#N)cc3c2=O)cc1F. The van der Waals surface area contributed by atoms with E-state index in [1.54, 1.807) is 38.5 Å². The molecule has 0 radical (unpaired) electrons. The lowest BCUT2D eigenvalue weighted by Gasteiger charge is -2.20. The third-order valence-electron chi connectivity index (χ3n) is 6.59. The zero-order valence-corrected chi connectivity index (χ0v) is 20.7. The Morgan fingerprint density at radius 1 is 1.03 bits per heavy atom. The number of nitriles is 1. The van der Waals surface area contributed by atoms with Crippen molar-refractivity contribution in [2.75, 3.05) is 27.9 Å². The number of rotatable bonds is 6. The molecule has 2 heterocycles. The minimum atomic E-state index is -0.589. The summed E-state index contributed by atoms with van der Waals surface area (Å²) in [5.74, 6) is 1.03. The van der Waals surface area contributed by atoms with E-state index in [1.165, 1.54) is 29.9 Å². The van der Waals surface area contributed by atoms with Crippen molar-refractivity contribution in [1.29, 1.82) is 5.26 Å². The molecule has 1 aromatic heterocycles. The molecule has 0 amide bonds. The normalized spacial score (nSPS) is 14.9. The quantitative estimate of drug-likeness (QED) is 0.416. The molecule has 8 nitrogen and oxygen atoms in total. The molecule has 1 atom stereocenters. The Morgan fingerprint density at radius 2 is 1.78 bits per heavy atom. The Morgan fingerprint density at radius 3 is 2.43 bits per heavy atom. The van der Waals surface area contributed by atoms with Crippen molar-refractivity contribution in [3.8, 4) is 40.1 Å². The monoisotopic (exact) mass is 500 g/mol. The van der Waals surface area contributed by atoms with E-state index in [9.17, 15) is 14.4 Å². The van der Waals surface area contributed by atoms with Crippen LogP contribution in [0, 0.1) is 17.1 Å². The summed E-state index contributed by atoms with van der Waals surface area (Å²) < 4.78 is 32.0. The summed E-state index contributed by atoms with van der Waals surface area (Å²) in [7, 11) is 4.48. The molecule has 1 aliphatic rings. The molecule has 1 aliphatic heterocycles. The molecule has 4 aromatic rings. The molecule has 37 heavy (non-hydrogen) atoms. The Balaban J connectivity index is 1.84. The van der Waals surface area contributed by atoms with Crippen molar-refractivity contribution >= 4 is 10.9 Å². The summed E-state index contributed by atoms with van der Waals surface area (Å²) in [6.45, 7) is 0.783. The van der Waals surface area contributed by atoms with Crippen LogP contribution in [0.2, 0.25) is 0 Å². The zero-order chi connectivity index (χ0) is 26.1. The van der Waals surface area contributed by atoms with Gasteiger partial charge in [-0.05, 0) is 61.3 Å². The Bertz CT molecular complexity index is 1600. The predicted octanol–water partition coefficient (Wildman–Crippen LogP) is 4.51. The average molecular weight is 501 g/mol. The van der Waals surface area contributed by atoms with Crippen LogP contribution in [0.1, 0.15) is 30.3 Å². The predicted molar refractivity (Wildman–Crippen MR) is 137 cm³/mol. The van der Waals surface area contributed by atoms with Gasteiger partial charge in [-0.3, -0.25) is 9.36 Å². The standard InChI is InChI=1S/C28H25FN4O4/c1-35-23-9-7-18(14-21(23)29)33-27(22-5-4-10-31-22)32-26-19(11-16(15-30)12-20(26)28(33)34)17-6-8-24(36-2)25(13-17)37-3/h6-9,11-14,22,31H,4-5,10H2,1-3H3. The number of hydrogen-bond acceptors (Lipinski definition) is 7. The smallest absolute Gasteiger partial charge is 0.266 e. The van der Waals surface area contributed by atoms with Crippen LogP contribution < -0.4 is 25.1 Å². The van der Waals surface area contributed by atoms with E-state index >= 15 is 0 Å². The van der Waals surface area contributed by atoms with E-state index in [0.717, 1.165) is 19.4 Å². The summed E-state index contributed by atoms with van der Waals surface area (Å²) in [4.78, 5) is 19.0. The molecule has 1 unspecified atom stereocenters. The molecule has 0 bridgehead atoms. The van der Waals surface area contributed by atoms with Crippen LogP contribution in [-0.4, -0.2) is 37.4 Å². The van der Waals surface area contributed by atoms with Gasteiger partial charge < -0.3 is 19.5 Å². The number of nitrogens with one attached hydrogen (secondary N) is 1. The molecule has 0 spiro atoms. The van der Waals surface area contributed by atoms with Gasteiger partial charge in [-0.1, -0.05) is 6.07 Å². The highest BCUT2D eigenvalue weighted by atomic mass is 19.1. The first-order chi connectivity index (χ1) is 18.0. The number of nitrogens with zero attached hydrogens (tertiary/aromatic N) is 3. The summed E-state index contributed by atoms with van der Waals surface area (Å²) in [5.41, 5.74) is 2.01. The lowest BCUT2D eigenvalue weighted by molar-refractivity contribution is 0.355. The molecule has 0 aliphatic carbocycles. The van der Waals surface area contributed by atoms with E-state index in [1.807, 2.05) is 6.07 Å². The molecule has 0 saturated carbocycles. The van der Waals surface area contributed by atoms with Crippen LogP contribution in [-0.2, 0) is 0 Å². The van der Waals surface area contributed by atoms with E-state index in [0.29, 0.717) is 45.2 Å². The first-order valence-electron chi connectivity index (χ1n) is 11.8. The number of benzene rings is 3. The van der Waals surface area contributed by atoms with Crippen molar-refractivity contribution in [3.05, 3.63) is 76.1 Å². The van der Waals surface area contributed by atoms with Crippen LogP contribution >= 0.6 is 0 Å². The second-order valence-electron chi connectivity index (χ2n) is 8.68. The van der Waals surface area contributed by atoms with Crippen LogP contribution in [0.25, 0.3) is 27.7 Å². The fraction of sp³-hybridized carbons (Fsp3) is 0.250. The van der Waals surface area contributed by atoms with Gasteiger partial charge in [0.15, 0.2) is 23.1 Å². The summed E-state index contributed by atoms with van der Waals surface area (Å²) in [6.07, 6.45) is 1.70. The average Bonchev–Trinajstić information content (AvgIpc) is 3.47. The highest BCUT2D eigenvalue weighted by Gasteiger charge is 2.26. The number of hydrogen-bond donors (Lipinski definition) is 1. The maximum absolute atomic E-state index is 14.7. The molecular weight excluding hydrogens is 475 g/mol. The van der Waals surface area contributed by atoms with Crippen molar-refractivity contribution in [3.63, 3.8) is 0 Å². The van der Waals surface area contributed by atoms with Gasteiger partial charge in [0.25, 0.3) is 5.56 Å². The third kappa shape index (κ3) is 4.26. The van der Waals surface area contributed by atoms with E-state index in [-0.39, 0.29) is 17.2 Å². The van der Waals surface area contributed by atoms with Gasteiger partial charge in [-0.25, -0.2) is 9.37 Å². The van der Waals surface area contributed by atoms with Gasteiger partial charge in [0, 0.05) is 11.6 Å². The molecule has 9 heteroatoms. The van der Waals surface area contributed by atoms with Gasteiger partial charge in [0.1, 0.15) is 5.82 Å². The van der Waals surface area contributed by atoms with Crippen molar-refractivity contribution < 1.29 is 18.6 Å². The maximum atomic E-state index is 14.7. The van der Waals surface area contributed by atoms with Gasteiger partial charge in [0.05, 0.1) is 55.6 Å². The lowest BCUT2D eigenvalue weighted by Crippen LogP contribution is -2.29. The van der Waals surface area contributed by atoms with E-state index in [2.05, 4.69) is 11.4 Å². The first kappa shape index (κ1) is 24.3. The molecule has 188 valence electrons. The maximum Gasteiger partial charge on any atom is 0.266 e. The van der Waals surface area contributed by atoms with Gasteiger partial charge >= 0.3 is 0 Å². The van der Waals surface area contributed by atoms with Crippen LogP contribution in [0.3, 0.4) is 0 Å². The lowest BCUT2D eigenvalue weighted by atomic mass is 9.98. The summed E-state index contributed by atoms with van der Waals surface area (Å²) in [6, 6.07) is 14.9. The highest BCUT2D eigenvalue weighted by molar-refractivity contribution is 5.95. The number of aromatic nitrogens is 2. The fourth-order valence-electron chi connectivity index (χ4n) is 4.78. The minimum absolute atomic E-state index is 0.0774. The van der Waals surface area contributed by atoms with Gasteiger partial charge in [-0.2, -0.15) is 5.26 Å². The molecule has 5 rings (SSSR count). The number of methoxy groups -OCH3 is 3. The van der Waals surface area contributed by atoms with E-state index < -0.39 is 11.4 Å². The zero-order valence-electron chi connectivity index (χ0n) is 20.7. The second-order valence-corrected chi connectivity index (χ2v) is 8.68. The fourth-order valence-corrected chi connectivity index (χ4v) is 4.78. The van der Waals surface area contributed by atoms with Crippen LogP contribution in [0.15, 0.2) is 53.3 Å². The molecule has 1 saturated heterocycles. The molecule has 1 N–H and O–H groups in total. The van der Waals surface area contributed by atoms with E-state index in [4.69, 9.17) is 19.2 Å². The van der Waals surface area contributed by atoms with Crippen molar-refractivity contribution in [2.45, 2.75) is 18.9 Å². The minimum Gasteiger partial charge on any atom is -0.494 e. The number of fused-ring (bicyclic) bond motifs is 1. The van der Waals surface area contributed by atoms with Crippen molar-refractivity contribution in [1.82, 2.24) is 14.9 Å². The van der Waals surface area contributed by atoms with Crippen molar-refractivity contribution in [2.24, 2.45) is 0 Å². The van der Waals surface area contributed by atoms with Gasteiger partial charge in [0.2, 0.25) is 0 Å². The number of ether oxygens (including phenoxy) is 3. The Labute approximate surface area is 212 Å². The largest absolute Gasteiger partial charge is 0.494 e. The summed E-state index contributed by atoms with van der Waals surface area (Å²) >= 11 is 0. The first-order valence-corrected chi connectivity index (χ1v) is 11.8. The van der Waals surface area contributed by atoms with Crippen LogP contribution in [0.4, 0.5) is 4.39 Å². The topological polar surface area (TPSA) is 98.4 Å². The van der Waals surface area contributed by atoms with Gasteiger partial charge in [-0.15, -0.1) is 0 Å². The molecule has 1 fully saturated rings.